The van der Waals surface area contributed by atoms with Gasteiger partial charge in [-0.15, -0.1) is 16.4 Å². The van der Waals surface area contributed by atoms with Crippen LogP contribution in [0.15, 0.2) is 59.4 Å². The van der Waals surface area contributed by atoms with Crippen molar-refractivity contribution in [3.63, 3.8) is 0 Å². The summed E-state index contributed by atoms with van der Waals surface area (Å²) in [4.78, 5) is 39.1. The topological polar surface area (TPSA) is 103 Å². The Morgan fingerprint density at radius 3 is 2.77 bits per heavy atom. The van der Waals surface area contributed by atoms with Crippen LogP contribution in [0.5, 0.6) is 5.75 Å². The Bertz CT molecular complexity index is 1390. The second-order valence-corrected chi connectivity index (χ2v) is 8.15. The van der Waals surface area contributed by atoms with Crippen LogP contribution in [-0.4, -0.2) is 33.3 Å². The van der Waals surface area contributed by atoms with E-state index in [4.69, 9.17) is 4.74 Å². The van der Waals surface area contributed by atoms with E-state index in [1.165, 1.54) is 11.3 Å². The average Bonchev–Trinajstić information content (AvgIpc) is 3.24. The number of Topliss-reactive ketones (excluding diaryl/α,β-unsaturated/α-hetero) is 1. The SMILES string of the molecule is CC(C(=O)c1ccc2c(c1)NC(=O)CO2)n1nnc2sc(-c3ccccc3)cc2c1=O. The minimum atomic E-state index is -0.872. The van der Waals surface area contributed by atoms with Gasteiger partial charge in [0.25, 0.3) is 11.5 Å². The van der Waals surface area contributed by atoms with Gasteiger partial charge in [0.15, 0.2) is 17.2 Å². The number of nitrogens with zero attached hydrogens (tertiary/aromatic N) is 3. The van der Waals surface area contributed by atoms with E-state index in [-0.39, 0.29) is 23.9 Å². The van der Waals surface area contributed by atoms with Crippen LogP contribution in [0, 0.1) is 0 Å². The Balaban J connectivity index is 1.49. The van der Waals surface area contributed by atoms with E-state index in [2.05, 4.69) is 15.6 Å². The van der Waals surface area contributed by atoms with Crippen LogP contribution in [0.25, 0.3) is 20.7 Å². The molecule has 0 bridgehead atoms. The number of fused-ring (bicyclic) bond motifs is 2. The van der Waals surface area contributed by atoms with E-state index in [1.54, 1.807) is 31.2 Å². The molecule has 2 aromatic heterocycles. The summed E-state index contributed by atoms with van der Waals surface area (Å²) in [5, 5.41) is 11.3. The molecule has 2 aromatic carbocycles. The van der Waals surface area contributed by atoms with Crippen molar-refractivity contribution < 1.29 is 14.3 Å². The molecule has 5 rings (SSSR count). The predicted octanol–water partition coefficient (Wildman–Crippen LogP) is 3.29. The molecule has 1 amide bonds. The van der Waals surface area contributed by atoms with E-state index in [0.29, 0.717) is 27.2 Å². The molecule has 8 nitrogen and oxygen atoms in total. The summed E-state index contributed by atoms with van der Waals surface area (Å²) in [7, 11) is 0. The van der Waals surface area contributed by atoms with Crippen molar-refractivity contribution in [1.82, 2.24) is 15.0 Å². The summed E-state index contributed by atoms with van der Waals surface area (Å²) >= 11 is 1.38. The minimum absolute atomic E-state index is 0.0622. The number of ketones is 1. The fourth-order valence-electron chi connectivity index (χ4n) is 3.45. The molecule has 154 valence electrons. The standard InChI is InChI=1S/C22H16N4O4S/c1-12(20(28)14-7-8-17-16(9-14)23-19(27)11-30-17)26-22(29)15-10-18(31-21(15)24-25-26)13-5-3-2-4-6-13/h2-10,12H,11H2,1H3,(H,23,27). The summed E-state index contributed by atoms with van der Waals surface area (Å²) in [6.45, 7) is 1.54. The van der Waals surface area contributed by atoms with Crippen molar-refractivity contribution in [3.05, 3.63) is 70.5 Å². The third kappa shape index (κ3) is 3.38. The zero-order chi connectivity index (χ0) is 21.5. The van der Waals surface area contributed by atoms with E-state index < -0.39 is 6.04 Å². The molecule has 0 saturated carbocycles. The fourth-order valence-corrected chi connectivity index (χ4v) is 4.42. The Morgan fingerprint density at radius 1 is 1.16 bits per heavy atom. The molecule has 0 radical (unpaired) electrons. The third-order valence-electron chi connectivity index (χ3n) is 5.08. The van der Waals surface area contributed by atoms with Crippen molar-refractivity contribution in [2.24, 2.45) is 0 Å². The molecule has 0 spiro atoms. The van der Waals surface area contributed by atoms with Crippen LogP contribution in [0.4, 0.5) is 5.69 Å². The fraction of sp³-hybridized carbons (Fsp3) is 0.136. The average molecular weight is 432 g/mol. The molecular formula is C22H16N4O4S. The first-order valence-corrected chi connectivity index (χ1v) is 10.4. The van der Waals surface area contributed by atoms with Gasteiger partial charge in [-0.25, -0.2) is 0 Å². The van der Waals surface area contributed by atoms with Gasteiger partial charge in [-0.2, -0.15) is 4.68 Å². The quantitative estimate of drug-likeness (QED) is 0.497. The summed E-state index contributed by atoms with van der Waals surface area (Å²) < 4.78 is 6.42. The summed E-state index contributed by atoms with van der Waals surface area (Å²) in [6.07, 6.45) is 0. The molecule has 1 unspecified atom stereocenters. The zero-order valence-electron chi connectivity index (χ0n) is 16.4. The van der Waals surface area contributed by atoms with Crippen molar-refractivity contribution in [2.45, 2.75) is 13.0 Å². The number of aromatic nitrogens is 3. The molecule has 1 aliphatic heterocycles. The van der Waals surface area contributed by atoms with Gasteiger partial charge in [0, 0.05) is 10.4 Å². The number of carbonyl (C=O) groups is 2. The number of anilines is 1. The molecule has 31 heavy (non-hydrogen) atoms. The molecule has 1 N–H and O–H groups in total. The van der Waals surface area contributed by atoms with Crippen LogP contribution in [0.1, 0.15) is 23.3 Å². The van der Waals surface area contributed by atoms with Crippen molar-refractivity contribution in [1.29, 1.82) is 0 Å². The highest BCUT2D eigenvalue weighted by atomic mass is 32.1. The summed E-state index contributed by atoms with van der Waals surface area (Å²) in [5.74, 6) is -0.116. The number of benzene rings is 2. The number of nitrogens with one attached hydrogen (secondary N) is 1. The maximum absolute atomic E-state index is 13.1. The van der Waals surface area contributed by atoms with E-state index >= 15 is 0 Å². The lowest BCUT2D eigenvalue weighted by Crippen LogP contribution is -2.31. The Labute approximate surface area is 180 Å². The third-order valence-corrected chi connectivity index (χ3v) is 6.15. The highest BCUT2D eigenvalue weighted by Crippen LogP contribution is 2.31. The molecule has 0 saturated heterocycles. The lowest BCUT2D eigenvalue weighted by Gasteiger charge is -2.19. The second-order valence-electron chi connectivity index (χ2n) is 7.12. The molecular weight excluding hydrogens is 416 g/mol. The van der Waals surface area contributed by atoms with E-state index in [1.807, 2.05) is 30.3 Å². The van der Waals surface area contributed by atoms with Gasteiger partial charge in [-0.05, 0) is 36.8 Å². The summed E-state index contributed by atoms with van der Waals surface area (Å²) in [5.41, 5.74) is 1.37. The predicted molar refractivity (Wildman–Crippen MR) is 117 cm³/mol. The van der Waals surface area contributed by atoms with Crippen molar-refractivity contribution in [2.75, 3.05) is 11.9 Å². The number of ether oxygens (including phenoxy) is 1. The molecule has 9 heteroatoms. The van der Waals surface area contributed by atoms with E-state index in [0.717, 1.165) is 15.1 Å². The number of rotatable bonds is 4. The zero-order valence-corrected chi connectivity index (χ0v) is 17.2. The Hall–Kier alpha value is -3.85. The van der Waals surface area contributed by atoms with Crippen LogP contribution in [-0.2, 0) is 4.79 Å². The monoisotopic (exact) mass is 432 g/mol. The van der Waals surface area contributed by atoms with Gasteiger partial charge in [0.2, 0.25) is 0 Å². The lowest BCUT2D eigenvalue weighted by atomic mass is 10.0. The lowest BCUT2D eigenvalue weighted by molar-refractivity contribution is -0.118. The molecule has 1 atom stereocenters. The minimum Gasteiger partial charge on any atom is -0.482 e. The number of carbonyl (C=O) groups excluding carboxylic acids is 2. The van der Waals surface area contributed by atoms with E-state index in [9.17, 15) is 14.4 Å². The van der Waals surface area contributed by atoms with Gasteiger partial charge in [0.1, 0.15) is 11.8 Å². The van der Waals surface area contributed by atoms with Crippen molar-refractivity contribution >= 4 is 38.9 Å². The number of amides is 1. The van der Waals surface area contributed by atoms with Gasteiger partial charge < -0.3 is 10.1 Å². The Morgan fingerprint density at radius 2 is 1.97 bits per heavy atom. The molecule has 1 aliphatic rings. The highest BCUT2D eigenvalue weighted by molar-refractivity contribution is 7.21. The molecule has 0 aliphatic carbocycles. The van der Waals surface area contributed by atoms with Gasteiger partial charge in [-0.1, -0.05) is 35.5 Å². The largest absolute Gasteiger partial charge is 0.482 e. The van der Waals surface area contributed by atoms with Crippen molar-refractivity contribution in [3.8, 4) is 16.2 Å². The summed E-state index contributed by atoms with van der Waals surface area (Å²) in [6, 6.07) is 15.4. The van der Waals surface area contributed by atoms with Crippen LogP contribution in [0.3, 0.4) is 0 Å². The molecule has 3 heterocycles. The Kier molecular flexibility index (Phi) is 4.59. The van der Waals surface area contributed by atoms with Crippen LogP contribution in [0.2, 0.25) is 0 Å². The first kappa shape index (κ1) is 19.1. The normalized spacial score (nSPS) is 13.9. The number of thiophene rings is 1. The van der Waals surface area contributed by atoms with Gasteiger partial charge >= 0.3 is 0 Å². The first-order chi connectivity index (χ1) is 15.0. The second kappa shape index (κ2) is 7.44. The maximum Gasteiger partial charge on any atom is 0.279 e. The number of hydrogen-bond acceptors (Lipinski definition) is 7. The number of hydrogen-bond donors (Lipinski definition) is 1. The smallest absolute Gasteiger partial charge is 0.279 e. The molecule has 0 fully saturated rings. The van der Waals surface area contributed by atoms with Gasteiger partial charge in [-0.3, -0.25) is 14.4 Å². The van der Waals surface area contributed by atoms with Gasteiger partial charge in [0.05, 0.1) is 11.1 Å². The van der Waals surface area contributed by atoms with Crippen LogP contribution >= 0.6 is 11.3 Å². The first-order valence-electron chi connectivity index (χ1n) is 9.56. The maximum atomic E-state index is 13.1. The molecule has 4 aromatic rings. The van der Waals surface area contributed by atoms with Crippen LogP contribution < -0.4 is 15.6 Å². The highest BCUT2D eigenvalue weighted by Gasteiger charge is 2.24.